The first-order chi connectivity index (χ1) is 12.2. The molecule has 0 aliphatic carbocycles. The number of benzene rings is 3. The average Bonchev–Trinajstić information content (AvgIpc) is 2.68. The molecule has 0 atom stereocenters. The second-order valence-electron chi connectivity index (χ2n) is 5.39. The van der Waals surface area contributed by atoms with Crippen molar-refractivity contribution in [2.75, 3.05) is 11.9 Å². The SMILES string of the molecule is O=C(COc1ccccc1)Nc1ccccc1C(=O)c1ccccc1. The van der Waals surface area contributed by atoms with E-state index in [1.807, 2.05) is 36.4 Å². The number of carbonyl (C=O) groups excluding carboxylic acids is 2. The smallest absolute Gasteiger partial charge is 0.262 e. The van der Waals surface area contributed by atoms with Crippen molar-refractivity contribution in [3.8, 4) is 5.75 Å². The number of nitrogens with one attached hydrogen (secondary N) is 1. The minimum atomic E-state index is -0.322. The summed E-state index contributed by atoms with van der Waals surface area (Å²) in [5.41, 5.74) is 1.49. The number of anilines is 1. The van der Waals surface area contributed by atoms with Crippen molar-refractivity contribution in [1.82, 2.24) is 0 Å². The molecule has 1 N–H and O–H groups in total. The number of para-hydroxylation sites is 2. The maximum absolute atomic E-state index is 12.6. The molecule has 0 heterocycles. The lowest BCUT2D eigenvalue weighted by Gasteiger charge is -2.11. The Labute approximate surface area is 146 Å². The van der Waals surface area contributed by atoms with E-state index in [4.69, 9.17) is 4.74 Å². The minimum Gasteiger partial charge on any atom is -0.484 e. The summed E-state index contributed by atoms with van der Waals surface area (Å²) < 4.78 is 5.43. The van der Waals surface area contributed by atoms with Crippen LogP contribution in [0.5, 0.6) is 5.75 Å². The Hall–Kier alpha value is -3.40. The lowest BCUT2D eigenvalue weighted by molar-refractivity contribution is -0.118. The van der Waals surface area contributed by atoms with Gasteiger partial charge in [-0.3, -0.25) is 9.59 Å². The van der Waals surface area contributed by atoms with Crippen molar-refractivity contribution in [2.45, 2.75) is 0 Å². The van der Waals surface area contributed by atoms with Gasteiger partial charge in [-0.1, -0.05) is 60.7 Å². The Bertz CT molecular complexity index is 861. The Kier molecular flexibility index (Phi) is 5.22. The molecule has 3 aromatic carbocycles. The zero-order valence-electron chi connectivity index (χ0n) is 13.5. The van der Waals surface area contributed by atoms with Gasteiger partial charge in [0, 0.05) is 11.1 Å². The highest BCUT2D eigenvalue weighted by Crippen LogP contribution is 2.19. The Morgan fingerprint density at radius 1 is 0.760 bits per heavy atom. The largest absolute Gasteiger partial charge is 0.484 e. The third-order valence-corrected chi connectivity index (χ3v) is 3.59. The molecule has 3 rings (SSSR count). The van der Waals surface area contributed by atoms with Crippen LogP contribution in [0.25, 0.3) is 0 Å². The predicted octanol–water partition coefficient (Wildman–Crippen LogP) is 3.94. The summed E-state index contributed by atoms with van der Waals surface area (Å²) in [5.74, 6) is 0.156. The number of ether oxygens (including phenoxy) is 1. The fourth-order valence-corrected chi connectivity index (χ4v) is 2.39. The van der Waals surface area contributed by atoms with E-state index in [-0.39, 0.29) is 18.3 Å². The van der Waals surface area contributed by atoms with Gasteiger partial charge >= 0.3 is 0 Å². The molecule has 25 heavy (non-hydrogen) atoms. The molecule has 0 spiro atoms. The Morgan fingerprint density at radius 2 is 1.36 bits per heavy atom. The van der Waals surface area contributed by atoms with Crippen LogP contribution in [-0.2, 0) is 4.79 Å². The van der Waals surface area contributed by atoms with Gasteiger partial charge in [0.15, 0.2) is 12.4 Å². The summed E-state index contributed by atoms with van der Waals surface area (Å²) >= 11 is 0. The molecule has 0 saturated carbocycles. The van der Waals surface area contributed by atoms with Crippen LogP contribution in [0.1, 0.15) is 15.9 Å². The second kappa shape index (κ2) is 7.93. The highest BCUT2D eigenvalue weighted by Gasteiger charge is 2.14. The summed E-state index contributed by atoms with van der Waals surface area (Å²) in [6.45, 7) is -0.127. The standard InChI is InChI=1S/C21H17NO3/c23-20(15-25-17-11-5-2-6-12-17)22-19-14-8-7-13-18(19)21(24)16-9-3-1-4-10-16/h1-14H,15H2,(H,22,23). The molecule has 0 fully saturated rings. The zero-order chi connectivity index (χ0) is 17.5. The van der Waals surface area contributed by atoms with Gasteiger partial charge in [0.05, 0.1) is 5.69 Å². The number of carbonyl (C=O) groups is 2. The number of ketones is 1. The third-order valence-electron chi connectivity index (χ3n) is 3.59. The topological polar surface area (TPSA) is 55.4 Å². The van der Waals surface area contributed by atoms with Crippen LogP contribution in [0.3, 0.4) is 0 Å². The summed E-state index contributed by atoms with van der Waals surface area (Å²) in [6.07, 6.45) is 0. The van der Waals surface area contributed by atoms with Crippen molar-refractivity contribution in [1.29, 1.82) is 0 Å². The molecule has 0 aliphatic rings. The Morgan fingerprint density at radius 3 is 2.08 bits per heavy atom. The van der Waals surface area contributed by atoms with Crippen molar-refractivity contribution in [3.63, 3.8) is 0 Å². The van der Waals surface area contributed by atoms with Crippen molar-refractivity contribution >= 4 is 17.4 Å². The summed E-state index contributed by atoms with van der Waals surface area (Å²) in [7, 11) is 0. The van der Waals surface area contributed by atoms with E-state index in [2.05, 4.69) is 5.32 Å². The molecule has 1 amide bonds. The molecule has 0 aromatic heterocycles. The third kappa shape index (κ3) is 4.32. The highest BCUT2D eigenvalue weighted by atomic mass is 16.5. The predicted molar refractivity (Wildman–Crippen MR) is 96.9 cm³/mol. The van der Waals surface area contributed by atoms with Gasteiger partial charge in [-0.2, -0.15) is 0 Å². The van der Waals surface area contributed by atoms with E-state index in [1.54, 1.807) is 48.5 Å². The molecule has 0 radical (unpaired) electrons. The second-order valence-corrected chi connectivity index (χ2v) is 5.39. The van der Waals surface area contributed by atoms with Crippen LogP contribution < -0.4 is 10.1 Å². The van der Waals surface area contributed by atoms with E-state index < -0.39 is 0 Å². The fourth-order valence-electron chi connectivity index (χ4n) is 2.39. The Balaban J connectivity index is 1.70. The quantitative estimate of drug-likeness (QED) is 0.696. The van der Waals surface area contributed by atoms with Crippen LogP contribution >= 0.6 is 0 Å². The number of hydrogen-bond acceptors (Lipinski definition) is 3. The van der Waals surface area contributed by atoms with Gasteiger partial charge in [-0.05, 0) is 24.3 Å². The average molecular weight is 331 g/mol. The van der Waals surface area contributed by atoms with E-state index in [0.717, 1.165) is 0 Å². The van der Waals surface area contributed by atoms with Gasteiger partial charge in [-0.25, -0.2) is 0 Å². The van der Waals surface area contributed by atoms with Crippen molar-refractivity contribution in [3.05, 3.63) is 96.1 Å². The van der Waals surface area contributed by atoms with E-state index in [0.29, 0.717) is 22.6 Å². The van der Waals surface area contributed by atoms with Crippen molar-refractivity contribution < 1.29 is 14.3 Å². The maximum atomic E-state index is 12.6. The molecule has 4 heteroatoms. The molecule has 0 unspecified atom stereocenters. The summed E-state index contributed by atoms with van der Waals surface area (Å²) in [6, 6.07) is 25.0. The number of amides is 1. The lowest BCUT2D eigenvalue weighted by Crippen LogP contribution is -2.21. The summed E-state index contributed by atoms with van der Waals surface area (Å²) in [5, 5.41) is 2.75. The maximum Gasteiger partial charge on any atom is 0.262 e. The molecular formula is C21H17NO3. The van der Waals surface area contributed by atoms with Crippen LogP contribution in [0.4, 0.5) is 5.69 Å². The molecule has 4 nitrogen and oxygen atoms in total. The van der Waals surface area contributed by atoms with Gasteiger partial charge in [-0.15, -0.1) is 0 Å². The minimum absolute atomic E-state index is 0.127. The number of rotatable bonds is 6. The van der Waals surface area contributed by atoms with E-state index in [1.165, 1.54) is 0 Å². The molecule has 3 aromatic rings. The molecule has 0 saturated heterocycles. The van der Waals surface area contributed by atoms with Crippen LogP contribution in [0.2, 0.25) is 0 Å². The number of hydrogen-bond donors (Lipinski definition) is 1. The van der Waals surface area contributed by atoms with Gasteiger partial charge in [0.2, 0.25) is 0 Å². The zero-order valence-corrected chi connectivity index (χ0v) is 13.5. The van der Waals surface area contributed by atoms with Crippen molar-refractivity contribution in [2.24, 2.45) is 0 Å². The van der Waals surface area contributed by atoms with Crippen LogP contribution in [0.15, 0.2) is 84.9 Å². The fraction of sp³-hybridized carbons (Fsp3) is 0.0476. The van der Waals surface area contributed by atoms with Gasteiger partial charge < -0.3 is 10.1 Å². The molecule has 0 aliphatic heterocycles. The lowest BCUT2D eigenvalue weighted by atomic mass is 10.0. The van der Waals surface area contributed by atoms with E-state index >= 15 is 0 Å². The first-order valence-corrected chi connectivity index (χ1v) is 7.90. The van der Waals surface area contributed by atoms with Gasteiger partial charge in [0.1, 0.15) is 5.75 Å². The van der Waals surface area contributed by atoms with Crippen LogP contribution in [-0.4, -0.2) is 18.3 Å². The monoisotopic (exact) mass is 331 g/mol. The molecule has 0 bridgehead atoms. The highest BCUT2D eigenvalue weighted by molar-refractivity contribution is 6.13. The van der Waals surface area contributed by atoms with E-state index in [9.17, 15) is 9.59 Å². The molecule has 124 valence electrons. The molecular weight excluding hydrogens is 314 g/mol. The van der Waals surface area contributed by atoms with Crippen LogP contribution in [0, 0.1) is 0 Å². The normalized spacial score (nSPS) is 10.1. The first-order valence-electron chi connectivity index (χ1n) is 7.90. The van der Waals surface area contributed by atoms with Gasteiger partial charge in [0.25, 0.3) is 5.91 Å². The summed E-state index contributed by atoms with van der Waals surface area (Å²) in [4.78, 5) is 24.8. The first kappa shape index (κ1) is 16.5.